The zero-order chi connectivity index (χ0) is 15.8. The van der Waals surface area contributed by atoms with Crippen molar-refractivity contribution in [2.24, 2.45) is 5.92 Å². The number of carboxylic acid groups (broad SMARTS) is 1. The summed E-state index contributed by atoms with van der Waals surface area (Å²) in [5, 5.41) is 8.92. The zero-order valence-electron chi connectivity index (χ0n) is 13.0. The summed E-state index contributed by atoms with van der Waals surface area (Å²) in [5.74, 6) is -1.40. The third-order valence-corrected chi connectivity index (χ3v) is 3.78. The molecule has 0 bridgehead atoms. The molecule has 0 aliphatic carbocycles. The molecule has 1 aliphatic heterocycles. The summed E-state index contributed by atoms with van der Waals surface area (Å²) in [6.07, 6.45) is 2.72. The highest BCUT2D eigenvalue weighted by molar-refractivity contribution is 5.84. The van der Waals surface area contributed by atoms with Gasteiger partial charge >= 0.3 is 5.97 Å². The fourth-order valence-corrected chi connectivity index (χ4v) is 2.62. The van der Waals surface area contributed by atoms with E-state index in [2.05, 4.69) is 0 Å². The van der Waals surface area contributed by atoms with Crippen molar-refractivity contribution >= 4 is 17.8 Å². The first-order valence-corrected chi connectivity index (χ1v) is 7.77. The van der Waals surface area contributed by atoms with Crippen LogP contribution in [0.3, 0.4) is 0 Å². The molecular weight excluding hydrogens is 272 g/mol. The maximum absolute atomic E-state index is 12.1. The molecule has 0 radical (unpaired) electrons. The van der Waals surface area contributed by atoms with Gasteiger partial charge in [0.05, 0.1) is 5.92 Å². The van der Waals surface area contributed by atoms with Crippen LogP contribution in [-0.2, 0) is 14.4 Å². The van der Waals surface area contributed by atoms with Gasteiger partial charge in [0.2, 0.25) is 11.8 Å². The molecule has 1 N–H and O–H groups in total. The first-order chi connectivity index (χ1) is 9.99. The minimum Gasteiger partial charge on any atom is -0.481 e. The first-order valence-electron chi connectivity index (χ1n) is 7.77. The Hall–Kier alpha value is -1.59. The number of rotatable bonds is 8. The van der Waals surface area contributed by atoms with Gasteiger partial charge in [0.25, 0.3) is 0 Å². The fraction of sp³-hybridized carbons (Fsp3) is 0.800. The van der Waals surface area contributed by atoms with E-state index in [1.54, 1.807) is 9.80 Å². The maximum Gasteiger partial charge on any atom is 0.308 e. The SMILES string of the molecule is CCCN(CCC)C(=O)CCC(=O)N1CCC(C(=O)O)C1. The largest absolute Gasteiger partial charge is 0.481 e. The Bertz CT molecular complexity index is 378. The Morgan fingerprint density at radius 3 is 2.24 bits per heavy atom. The molecule has 6 nitrogen and oxygen atoms in total. The number of carbonyl (C=O) groups excluding carboxylic acids is 2. The lowest BCUT2D eigenvalue weighted by molar-refractivity contribution is -0.142. The highest BCUT2D eigenvalue weighted by Crippen LogP contribution is 2.17. The second-order valence-electron chi connectivity index (χ2n) is 5.54. The van der Waals surface area contributed by atoms with Crippen LogP contribution >= 0.6 is 0 Å². The summed E-state index contributed by atoms with van der Waals surface area (Å²) >= 11 is 0. The van der Waals surface area contributed by atoms with E-state index in [9.17, 15) is 14.4 Å². The number of hydrogen-bond acceptors (Lipinski definition) is 3. The van der Waals surface area contributed by atoms with Crippen molar-refractivity contribution < 1.29 is 19.5 Å². The molecule has 120 valence electrons. The van der Waals surface area contributed by atoms with Gasteiger partial charge in [-0.15, -0.1) is 0 Å². The quantitative estimate of drug-likeness (QED) is 0.733. The van der Waals surface area contributed by atoms with E-state index in [0.717, 1.165) is 25.9 Å². The fourth-order valence-electron chi connectivity index (χ4n) is 2.62. The lowest BCUT2D eigenvalue weighted by Gasteiger charge is -2.22. The second kappa shape index (κ2) is 8.64. The van der Waals surface area contributed by atoms with Gasteiger partial charge in [-0.05, 0) is 19.3 Å². The number of hydrogen-bond donors (Lipinski definition) is 1. The molecule has 0 aromatic rings. The Morgan fingerprint density at radius 2 is 1.76 bits per heavy atom. The van der Waals surface area contributed by atoms with E-state index >= 15 is 0 Å². The Morgan fingerprint density at radius 1 is 1.14 bits per heavy atom. The molecular formula is C15H26N2O4. The minimum atomic E-state index is -0.849. The van der Waals surface area contributed by atoms with Crippen LogP contribution in [0.25, 0.3) is 0 Å². The summed E-state index contributed by atoms with van der Waals surface area (Å²) in [6, 6.07) is 0. The van der Waals surface area contributed by atoms with Crippen LogP contribution in [0.1, 0.15) is 46.0 Å². The summed E-state index contributed by atoms with van der Waals surface area (Å²) in [7, 11) is 0. The van der Waals surface area contributed by atoms with Crippen LogP contribution in [0.15, 0.2) is 0 Å². The van der Waals surface area contributed by atoms with E-state index in [1.165, 1.54) is 0 Å². The molecule has 1 saturated heterocycles. The molecule has 1 fully saturated rings. The number of nitrogens with zero attached hydrogens (tertiary/aromatic N) is 2. The van der Waals surface area contributed by atoms with Crippen LogP contribution in [0.4, 0.5) is 0 Å². The van der Waals surface area contributed by atoms with Gasteiger partial charge in [-0.2, -0.15) is 0 Å². The standard InChI is InChI=1S/C15H26N2O4/c1-3-8-16(9-4-2)13(18)5-6-14(19)17-10-7-12(11-17)15(20)21/h12H,3-11H2,1-2H3,(H,20,21). The van der Waals surface area contributed by atoms with Gasteiger partial charge in [0.1, 0.15) is 0 Å². The van der Waals surface area contributed by atoms with E-state index in [0.29, 0.717) is 13.0 Å². The lowest BCUT2D eigenvalue weighted by atomic mass is 10.1. The van der Waals surface area contributed by atoms with Crippen molar-refractivity contribution in [3.63, 3.8) is 0 Å². The summed E-state index contributed by atoms with van der Waals surface area (Å²) in [5.41, 5.74) is 0. The Kier molecular flexibility index (Phi) is 7.19. The van der Waals surface area contributed by atoms with E-state index in [4.69, 9.17) is 5.11 Å². The highest BCUT2D eigenvalue weighted by Gasteiger charge is 2.30. The predicted octanol–water partition coefficient (Wildman–Crippen LogP) is 1.35. The first kappa shape index (κ1) is 17.5. The maximum atomic E-state index is 12.1. The molecule has 1 unspecified atom stereocenters. The number of aliphatic carboxylic acids is 1. The lowest BCUT2D eigenvalue weighted by Crippen LogP contribution is -2.34. The topological polar surface area (TPSA) is 77.9 Å². The van der Waals surface area contributed by atoms with Crippen molar-refractivity contribution in [2.75, 3.05) is 26.2 Å². The van der Waals surface area contributed by atoms with Crippen LogP contribution in [0.5, 0.6) is 0 Å². The number of likely N-dealkylation sites (tertiary alicyclic amines) is 1. The average molecular weight is 298 g/mol. The van der Waals surface area contributed by atoms with Crippen molar-refractivity contribution in [3.05, 3.63) is 0 Å². The number of carbonyl (C=O) groups is 3. The molecule has 1 aliphatic rings. The molecule has 0 saturated carbocycles. The van der Waals surface area contributed by atoms with Crippen LogP contribution in [-0.4, -0.2) is 58.9 Å². The van der Waals surface area contributed by atoms with Crippen molar-refractivity contribution in [2.45, 2.75) is 46.0 Å². The summed E-state index contributed by atoms with van der Waals surface area (Å²) in [6.45, 7) is 6.26. The van der Waals surface area contributed by atoms with E-state index < -0.39 is 11.9 Å². The number of carboxylic acids is 1. The highest BCUT2D eigenvalue weighted by atomic mass is 16.4. The molecule has 0 spiro atoms. The van der Waals surface area contributed by atoms with Crippen LogP contribution < -0.4 is 0 Å². The van der Waals surface area contributed by atoms with Gasteiger partial charge < -0.3 is 14.9 Å². The monoisotopic (exact) mass is 298 g/mol. The van der Waals surface area contributed by atoms with E-state index in [-0.39, 0.29) is 31.2 Å². The van der Waals surface area contributed by atoms with Crippen molar-refractivity contribution in [1.29, 1.82) is 0 Å². The average Bonchev–Trinajstić information content (AvgIpc) is 2.94. The molecule has 1 atom stereocenters. The number of amides is 2. The van der Waals surface area contributed by atoms with Gasteiger partial charge in [0, 0.05) is 39.0 Å². The molecule has 1 heterocycles. The second-order valence-corrected chi connectivity index (χ2v) is 5.54. The third kappa shape index (κ3) is 5.36. The van der Waals surface area contributed by atoms with Crippen molar-refractivity contribution in [1.82, 2.24) is 9.80 Å². The minimum absolute atomic E-state index is 0.0148. The molecule has 0 aromatic carbocycles. The molecule has 21 heavy (non-hydrogen) atoms. The normalized spacial score (nSPS) is 17.8. The van der Waals surface area contributed by atoms with Gasteiger partial charge in [0.15, 0.2) is 0 Å². The van der Waals surface area contributed by atoms with Gasteiger partial charge in [-0.25, -0.2) is 0 Å². The molecule has 6 heteroatoms. The van der Waals surface area contributed by atoms with E-state index in [1.807, 2.05) is 13.8 Å². The van der Waals surface area contributed by atoms with Gasteiger partial charge in [-0.1, -0.05) is 13.8 Å². The zero-order valence-corrected chi connectivity index (χ0v) is 13.0. The van der Waals surface area contributed by atoms with Gasteiger partial charge in [-0.3, -0.25) is 14.4 Å². The Labute approximate surface area is 126 Å². The Balaban J connectivity index is 2.38. The summed E-state index contributed by atoms with van der Waals surface area (Å²) in [4.78, 5) is 38.3. The molecule has 2 amide bonds. The molecule has 1 rings (SSSR count). The van der Waals surface area contributed by atoms with Crippen molar-refractivity contribution in [3.8, 4) is 0 Å². The van der Waals surface area contributed by atoms with Crippen LogP contribution in [0.2, 0.25) is 0 Å². The summed E-state index contributed by atoms with van der Waals surface area (Å²) < 4.78 is 0. The third-order valence-electron chi connectivity index (χ3n) is 3.78. The smallest absolute Gasteiger partial charge is 0.308 e. The predicted molar refractivity (Wildman–Crippen MR) is 78.7 cm³/mol. The molecule has 0 aromatic heterocycles. The van der Waals surface area contributed by atoms with Crippen LogP contribution in [0, 0.1) is 5.92 Å².